The first-order valence-corrected chi connectivity index (χ1v) is 7.61. The van der Waals surface area contributed by atoms with Gasteiger partial charge in [0.25, 0.3) is 0 Å². The number of nitrogens with two attached hydrogens (primary N) is 1. The minimum absolute atomic E-state index is 0.0212. The fraction of sp³-hybridized carbons (Fsp3) is 0.562. The predicted molar refractivity (Wildman–Crippen MR) is 82.6 cm³/mol. The third kappa shape index (κ3) is 3.73. The first-order chi connectivity index (χ1) is 9.74. The molecule has 1 heterocycles. The van der Waals surface area contributed by atoms with Crippen molar-refractivity contribution in [1.29, 1.82) is 0 Å². The Kier molecular flexibility index (Phi) is 5.41. The van der Waals surface area contributed by atoms with Crippen LogP contribution < -0.4 is 11.1 Å². The van der Waals surface area contributed by atoms with Crippen LogP contribution in [0.25, 0.3) is 0 Å². The van der Waals surface area contributed by atoms with E-state index in [4.69, 9.17) is 5.73 Å². The van der Waals surface area contributed by atoms with Crippen molar-refractivity contribution in [3.63, 3.8) is 0 Å². The van der Waals surface area contributed by atoms with Crippen molar-refractivity contribution >= 4 is 11.7 Å². The zero-order chi connectivity index (χ0) is 14.4. The number of carbonyl (C=O) groups is 1. The van der Waals surface area contributed by atoms with E-state index in [9.17, 15) is 4.79 Å². The molecule has 1 aromatic carbocycles. The average molecular weight is 275 g/mol. The van der Waals surface area contributed by atoms with Gasteiger partial charge in [0, 0.05) is 24.8 Å². The second kappa shape index (κ2) is 7.29. The molecule has 1 saturated heterocycles. The summed E-state index contributed by atoms with van der Waals surface area (Å²) in [5.41, 5.74) is 7.50. The molecule has 0 spiro atoms. The van der Waals surface area contributed by atoms with Crippen molar-refractivity contribution in [3.8, 4) is 0 Å². The van der Waals surface area contributed by atoms with Gasteiger partial charge in [0.15, 0.2) is 0 Å². The van der Waals surface area contributed by atoms with Crippen molar-refractivity contribution in [2.75, 3.05) is 11.9 Å². The molecule has 0 radical (unpaired) electrons. The fourth-order valence-corrected chi connectivity index (χ4v) is 2.84. The summed E-state index contributed by atoms with van der Waals surface area (Å²) in [6, 6.07) is 8.14. The highest BCUT2D eigenvalue weighted by Crippen LogP contribution is 2.20. The molecule has 4 nitrogen and oxygen atoms in total. The maximum absolute atomic E-state index is 12.5. The lowest BCUT2D eigenvalue weighted by Gasteiger charge is -2.29. The van der Waals surface area contributed by atoms with Gasteiger partial charge in [0.1, 0.15) is 0 Å². The van der Waals surface area contributed by atoms with Crippen molar-refractivity contribution < 1.29 is 4.79 Å². The Bertz CT molecular complexity index is 447. The Morgan fingerprint density at radius 1 is 1.40 bits per heavy atom. The molecule has 20 heavy (non-hydrogen) atoms. The van der Waals surface area contributed by atoms with Gasteiger partial charge in [-0.15, -0.1) is 0 Å². The number of amides is 2. The first-order valence-electron chi connectivity index (χ1n) is 7.61. The monoisotopic (exact) mass is 275 g/mol. The maximum Gasteiger partial charge on any atom is 0.322 e. The van der Waals surface area contributed by atoms with Crippen molar-refractivity contribution in [2.24, 2.45) is 5.73 Å². The first kappa shape index (κ1) is 14.9. The molecular weight excluding hydrogens is 250 g/mol. The Balaban J connectivity index is 2.05. The molecule has 110 valence electrons. The van der Waals surface area contributed by atoms with Crippen LogP contribution in [0.2, 0.25) is 0 Å². The molecule has 2 rings (SSSR count). The molecule has 2 amide bonds. The van der Waals surface area contributed by atoms with E-state index < -0.39 is 0 Å². The van der Waals surface area contributed by atoms with Crippen LogP contribution in [0.5, 0.6) is 0 Å². The van der Waals surface area contributed by atoms with E-state index >= 15 is 0 Å². The SMILES string of the molecule is CCC1CCCCCN1C(=O)Nc1cccc(CN)c1. The summed E-state index contributed by atoms with van der Waals surface area (Å²) in [5, 5.41) is 3.01. The fourth-order valence-electron chi connectivity index (χ4n) is 2.84. The zero-order valence-corrected chi connectivity index (χ0v) is 12.3. The summed E-state index contributed by atoms with van der Waals surface area (Å²) in [4.78, 5) is 14.5. The molecule has 1 aliphatic heterocycles. The van der Waals surface area contributed by atoms with Gasteiger partial charge >= 0.3 is 6.03 Å². The van der Waals surface area contributed by atoms with Crippen molar-refractivity contribution in [2.45, 2.75) is 51.6 Å². The third-order valence-corrected chi connectivity index (χ3v) is 4.02. The molecule has 0 bridgehead atoms. The van der Waals surface area contributed by atoms with Crippen molar-refractivity contribution in [3.05, 3.63) is 29.8 Å². The number of nitrogens with one attached hydrogen (secondary N) is 1. The van der Waals surface area contributed by atoms with E-state index in [-0.39, 0.29) is 6.03 Å². The highest BCUT2D eigenvalue weighted by Gasteiger charge is 2.23. The minimum atomic E-state index is 0.0212. The van der Waals surface area contributed by atoms with Crippen LogP contribution in [-0.4, -0.2) is 23.5 Å². The number of benzene rings is 1. The number of hydrogen-bond donors (Lipinski definition) is 2. The van der Waals surface area contributed by atoms with E-state index in [1.807, 2.05) is 29.2 Å². The summed E-state index contributed by atoms with van der Waals surface area (Å²) >= 11 is 0. The van der Waals surface area contributed by atoms with Crippen LogP contribution in [0.4, 0.5) is 10.5 Å². The topological polar surface area (TPSA) is 58.4 Å². The molecule has 1 fully saturated rings. The molecule has 3 N–H and O–H groups in total. The van der Waals surface area contributed by atoms with Crippen LogP contribution in [0.15, 0.2) is 24.3 Å². The molecule has 4 heteroatoms. The number of anilines is 1. The van der Waals surface area contributed by atoms with E-state index in [0.29, 0.717) is 12.6 Å². The lowest BCUT2D eigenvalue weighted by Crippen LogP contribution is -2.42. The molecule has 0 aliphatic carbocycles. The van der Waals surface area contributed by atoms with Gasteiger partial charge in [0.2, 0.25) is 0 Å². The van der Waals surface area contributed by atoms with Gasteiger partial charge in [-0.25, -0.2) is 4.79 Å². The zero-order valence-electron chi connectivity index (χ0n) is 12.3. The predicted octanol–water partition coefficient (Wildman–Crippen LogP) is 3.33. The van der Waals surface area contributed by atoms with Crippen molar-refractivity contribution in [1.82, 2.24) is 4.90 Å². The van der Waals surface area contributed by atoms with E-state index in [1.165, 1.54) is 12.8 Å². The second-order valence-electron chi connectivity index (χ2n) is 5.44. The molecule has 1 aromatic rings. The Hall–Kier alpha value is -1.55. The van der Waals surface area contributed by atoms with Crippen LogP contribution in [0.1, 0.15) is 44.6 Å². The van der Waals surface area contributed by atoms with Gasteiger partial charge in [-0.3, -0.25) is 0 Å². The summed E-state index contributed by atoms with van der Waals surface area (Å²) in [6.07, 6.45) is 5.70. The number of carbonyl (C=O) groups excluding carboxylic acids is 1. The van der Waals surface area contributed by atoms with Crippen LogP contribution in [0.3, 0.4) is 0 Å². The minimum Gasteiger partial charge on any atom is -0.326 e. The number of hydrogen-bond acceptors (Lipinski definition) is 2. The van der Waals surface area contributed by atoms with Gasteiger partial charge in [-0.1, -0.05) is 31.9 Å². The Morgan fingerprint density at radius 3 is 3.00 bits per heavy atom. The van der Waals surface area contributed by atoms with Gasteiger partial charge in [-0.2, -0.15) is 0 Å². The van der Waals surface area contributed by atoms with Crippen LogP contribution in [-0.2, 0) is 6.54 Å². The van der Waals surface area contributed by atoms with E-state index in [2.05, 4.69) is 12.2 Å². The normalized spacial score (nSPS) is 19.5. The second-order valence-corrected chi connectivity index (χ2v) is 5.44. The number of likely N-dealkylation sites (tertiary alicyclic amines) is 1. The number of nitrogens with zero attached hydrogens (tertiary/aromatic N) is 1. The molecule has 1 aliphatic rings. The maximum atomic E-state index is 12.5. The lowest BCUT2D eigenvalue weighted by molar-refractivity contribution is 0.187. The Labute approximate surface area is 121 Å². The lowest BCUT2D eigenvalue weighted by atomic mass is 10.1. The summed E-state index contributed by atoms with van der Waals surface area (Å²) in [6.45, 7) is 3.51. The number of urea groups is 1. The number of rotatable bonds is 3. The molecule has 1 unspecified atom stereocenters. The van der Waals surface area contributed by atoms with Crippen LogP contribution in [0, 0.1) is 0 Å². The van der Waals surface area contributed by atoms with E-state index in [1.54, 1.807) is 0 Å². The smallest absolute Gasteiger partial charge is 0.322 e. The largest absolute Gasteiger partial charge is 0.326 e. The van der Waals surface area contributed by atoms with Gasteiger partial charge in [-0.05, 0) is 37.0 Å². The highest BCUT2D eigenvalue weighted by atomic mass is 16.2. The standard InChI is InChI=1S/C16H25N3O/c1-2-15-9-4-3-5-10-19(15)16(20)18-14-8-6-7-13(11-14)12-17/h6-8,11,15H,2-5,9-10,12,17H2,1H3,(H,18,20). The molecule has 0 saturated carbocycles. The Morgan fingerprint density at radius 2 is 2.25 bits per heavy atom. The summed E-state index contributed by atoms with van der Waals surface area (Å²) in [5.74, 6) is 0. The van der Waals surface area contributed by atoms with E-state index in [0.717, 1.165) is 37.1 Å². The van der Waals surface area contributed by atoms with Gasteiger partial charge in [0.05, 0.1) is 0 Å². The summed E-state index contributed by atoms with van der Waals surface area (Å²) < 4.78 is 0. The molecule has 1 atom stereocenters. The highest BCUT2D eigenvalue weighted by molar-refractivity contribution is 5.89. The molecule has 0 aromatic heterocycles. The third-order valence-electron chi connectivity index (χ3n) is 4.02. The molecular formula is C16H25N3O. The average Bonchev–Trinajstić information content (AvgIpc) is 2.72. The van der Waals surface area contributed by atoms with Gasteiger partial charge < -0.3 is 16.0 Å². The summed E-state index contributed by atoms with van der Waals surface area (Å²) in [7, 11) is 0. The quantitative estimate of drug-likeness (QED) is 0.889. The van der Waals surface area contributed by atoms with Crippen LogP contribution >= 0.6 is 0 Å².